The van der Waals surface area contributed by atoms with Gasteiger partial charge in [-0.15, -0.1) is 0 Å². The minimum Gasteiger partial charge on any atom is -0.310 e. The van der Waals surface area contributed by atoms with Crippen LogP contribution in [0.2, 0.25) is 0 Å². The molecule has 54 heavy (non-hydrogen) atoms. The smallest absolute Gasteiger partial charge is 0.0540 e. The molecule has 0 aliphatic heterocycles. The maximum absolute atomic E-state index is 2.46. The molecule has 8 aromatic carbocycles. The Balaban J connectivity index is 1.13. The van der Waals surface area contributed by atoms with Gasteiger partial charge in [0.15, 0.2) is 0 Å². The molecule has 2 saturated carbocycles. The Kier molecular flexibility index (Phi) is 8.36. The molecule has 2 nitrogen and oxygen atoms in total. The van der Waals surface area contributed by atoms with Crippen molar-refractivity contribution in [3.8, 4) is 0 Å². The molecule has 0 spiro atoms. The quantitative estimate of drug-likeness (QED) is 0.146. The monoisotopic (exact) mass is 700 g/mol. The summed E-state index contributed by atoms with van der Waals surface area (Å²) in [5, 5.41) is 7.70. The van der Waals surface area contributed by atoms with Gasteiger partial charge in [0.25, 0.3) is 0 Å². The number of rotatable bonds is 8. The zero-order chi connectivity index (χ0) is 36.2. The number of anilines is 6. The number of para-hydroxylation sites is 2. The summed E-state index contributed by atoms with van der Waals surface area (Å²) < 4.78 is 0. The number of hydrogen-bond donors (Lipinski definition) is 0. The molecule has 2 fully saturated rings. The summed E-state index contributed by atoms with van der Waals surface area (Å²) in [5.41, 5.74) is 10.1. The third-order valence-corrected chi connectivity index (χ3v) is 13.0. The van der Waals surface area contributed by atoms with Crippen molar-refractivity contribution in [2.45, 2.75) is 64.2 Å². The Labute approximate surface area is 320 Å². The van der Waals surface area contributed by atoms with E-state index in [-0.39, 0.29) is 0 Å². The maximum atomic E-state index is 2.46. The molecule has 0 bridgehead atoms. The maximum Gasteiger partial charge on any atom is 0.0540 e. The summed E-state index contributed by atoms with van der Waals surface area (Å²) >= 11 is 0. The molecule has 4 unspecified atom stereocenters. The second-order valence-corrected chi connectivity index (χ2v) is 16.1. The molecule has 266 valence electrons. The van der Waals surface area contributed by atoms with Crippen LogP contribution < -0.4 is 9.80 Å². The van der Waals surface area contributed by atoms with Gasteiger partial charge < -0.3 is 9.80 Å². The fraction of sp³-hybridized carbons (Fsp3) is 0.231. The molecular formula is C52H48N2. The van der Waals surface area contributed by atoms with E-state index in [0.29, 0.717) is 11.8 Å². The van der Waals surface area contributed by atoms with Gasteiger partial charge in [0, 0.05) is 33.5 Å². The van der Waals surface area contributed by atoms with E-state index in [1.54, 1.807) is 0 Å². The van der Waals surface area contributed by atoms with Crippen molar-refractivity contribution in [2.24, 2.45) is 11.8 Å². The lowest BCUT2D eigenvalue weighted by molar-refractivity contribution is 0.533. The molecule has 8 aromatic rings. The van der Waals surface area contributed by atoms with E-state index in [1.807, 2.05) is 0 Å². The van der Waals surface area contributed by atoms with Gasteiger partial charge in [-0.2, -0.15) is 0 Å². The molecular weight excluding hydrogens is 653 g/mol. The number of hydrogen-bond acceptors (Lipinski definition) is 2. The van der Waals surface area contributed by atoms with Gasteiger partial charge in [-0.05, 0) is 130 Å². The molecule has 0 N–H and O–H groups in total. The second kappa shape index (κ2) is 13.7. The van der Waals surface area contributed by atoms with Crippen molar-refractivity contribution in [3.05, 3.63) is 169 Å². The lowest BCUT2D eigenvalue weighted by Crippen LogP contribution is -2.12. The van der Waals surface area contributed by atoms with Crippen molar-refractivity contribution in [3.63, 3.8) is 0 Å². The van der Waals surface area contributed by atoms with Crippen LogP contribution in [-0.2, 0) is 0 Å². The van der Waals surface area contributed by atoms with Crippen LogP contribution in [0.25, 0.3) is 32.3 Å². The highest BCUT2D eigenvalue weighted by Crippen LogP contribution is 2.48. The Morgan fingerprint density at radius 3 is 1.11 bits per heavy atom. The summed E-state index contributed by atoms with van der Waals surface area (Å²) in [4.78, 5) is 4.91. The fourth-order valence-electron chi connectivity index (χ4n) is 10.2. The zero-order valence-electron chi connectivity index (χ0n) is 31.5. The molecule has 0 amide bonds. The van der Waals surface area contributed by atoms with Gasteiger partial charge in [-0.3, -0.25) is 0 Å². The minimum absolute atomic E-state index is 0.664. The van der Waals surface area contributed by atoms with Crippen LogP contribution in [0.3, 0.4) is 0 Å². The molecule has 0 aromatic heterocycles. The highest BCUT2D eigenvalue weighted by Gasteiger charge is 2.27. The van der Waals surface area contributed by atoms with E-state index in [1.165, 1.54) is 116 Å². The van der Waals surface area contributed by atoms with Gasteiger partial charge in [0.1, 0.15) is 0 Å². The van der Waals surface area contributed by atoms with E-state index in [0.717, 1.165) is 11.8 Å². The topological polar surface area (TPSA) is 6.48 Å². The summed E-state index contributed by atoms with van der Waals surface area (Å²) in [6.07, 6.45) is 7.94. The van der Waals surface area contributed by atoms with Gasteiger partial charge >= 0.3 is 0 Å². The van der Waals surface area contributed by atoms with E-state index in [9.17, 15) is 0 Å². The SMILES string of the molecule is CC1CCCC1c1ccc(N(c2ccccc2)c2ccc3ccc4c(N(c5ccccc5)c5ccc(C6CCCC6C)cc5)ccc5ccc2c3c54)cc1. The highest BCUT2D eigenvalue weighted by atomic mass is 15.1. The molecule has 0 radical (unpaired) electrons. The van der Waals surface area contributed by atoms with Crippen molar-refractivity contribution >= 4 is 66.4 Å². The summed E-state index contributed by atoms with van der Waals surface area (Å²) in [6.45, 7) is 4.84. The van der Waals surface area contributed by atoms with Crippen molar-refractivity contribution in [1.82, 2.24) is 0 Å². The molecule has 2 heteroatoms. The van der Waals surface area contributed by atoms with Gasteiger partial charge in [-0.1, -0.05) is 137 Å². The molecule has 2 aliphatic carbocycles. The third-order valence-electron chi connectivity index (χ3n) is 13.0. The van der Waals surface area contributed by atoms with Crippen LogP contribution >= 0.6 is 0 Å². The van der Waals surface area contributed by atoms with Crippen molar-refractivity contribution < 1.29 is 0 Å². The van der Waals surface area contributed by atoms with Gasteiger partial charge in [0.05, 0.1) is 11.4 Å². The lowest BCUT2D eigenvalue weighted by Gasteiger charge is -2.29. The summed E-state index contributed by atoms with van der Waals surface area (Å²) in [5.74, 6) is 2.83. The lowest BCUT2D eigenvalue weighted by atomic mass is 9.89. The average molecular weight is 701 g/mol. The van der Waals surface area contributed by atoms with Crippen LogP contribution in [0, 0.1) is 11.8 Å². The molecule has 2 aliphatic rings. The van der Waals surface area contributed by atoms with Gasteiger partial charge in [0.2, 0.25) is 0 Å². The summed E-state index contributed by atoms with van der Waals surface area (Å²) in [6, 6.07) is 59.4. The normalized spacial score (nSPS) is 20.0. The van der Waals surface area contributed by atoms with Crippen LogP contribution in [0.5, 0.6) is 0 Å². The summed E-state index contributed by atoms with van der Waals surface area (Å²) in [7, 11) is 0. The van der Waals surface area contributed by atoms with E-state index >= 15 is 0 Å². The predicted molar refractivity (Wildman–Crippen MR) is 231 cm³/mol. The Morgan fingerprint density at radius 2 is 0.741 bits per heavy atom. The number of benzene rings is 8. The second-order valence-electron chi connectivity index (χ2n) is 16.1. The van der Waals surface area contributed by atoms with Crippen LogP contribution in [0.1, 0.15) is 75.3 Å². The third kappa shape index (κ3) is 5.62. The van der Waals surface area contributed by atoms with Crippen LogP contribution in [0.4, 0.5) is 34.1 Å². The first-order valence-corrected chi connectivity index (χ1v) is 20.2. The van der Waals surface area contributed by atoms with Gasteiger partial charge in [-0.25, -0.2) is 0 Å². The van der Waals surface area contributed by atoms with Crippen molar-refractivity contribution in [2.75, 3.05) is 9.80 Å². The standard InChI is InChI=1S/C52H48N2/c1-35-11-9-17-45(35)37-19-27-43(28-20-37)53(41-13-5-3-6-14-41)49-33-25-39-24-32-48-50(34-26-40-23-31-47(49)51(39)52(40)48)54(42-15-7-4-8-16-42)44-29-21-38(22-30-44)46-18-10-12-36(46)2/h3-8,13-16,19-36,45-46H,9-12,17-18H2,1-2H3. The van der Waals surface area contributed by atoms with E-state index < -0.39 is 0 Å². The Hall–Kier alpha value is -5.60. The first-order valence-electron chi connectivity index (χ1n) is 20.2. The van der Waals surface area contributed by atoms with Crippen molar-refractivity contribution in [1.29, 1.82) is 0 Å². The van der Waals surface area contributed by atoms with E-state index in [2.05, 4.69) is 181 Å². The molecule has 0 saturated heterocycles. The highest BCUT2D eigenvalue weighted by molar-refractivity contribution is 6.28. The fourth-order valence-corrected chi connectivity index (χ4v) is 10.2. The Bertz CT molecular complexity index is 2360. The van der Waals surface area contributed by atoms with E-state index in [4.69, 9.17) is 0 Å². The van der Waals surface area contributed by atoms with Crippen LogP contribution in [0.15, 0.2) is 158 Å². The number of nitrogens with zero attached hydrogens (tertiary/aromatic N) is 2. The largest absolute Gasteiger partial charge is 0.310 e. The van der Waals surface area contributed by atoms with Crippen LogP contribution in [-0.4, -0.2) is 0 Å². The molecule has 4 atom stereocenters. The Morgan fingerprint density at radius 1 is 0.370 bits per heavy atom. The molecule has 0 heterocycles. The average Bonchev–Trinajstić information content (AvgIpc) is 3.87. The first kappa shape index (κ1) is 33.0. The predicted octanol–water partition coefficient (Wildman–Crippen LogP) is 15.3. The first-order chi connectivity index (χ1) is 26.6. The minimum atomic E-state index is 0.664. The molecule has 10 rings (SSSR count). The zero-order valence-corrected chi connectivity index (χ0v) is 31.5.